The van der Waals surface area contributed by atoms with Crippen molar-refractivity contribution in [1.82, 2.24) is 0 Å². The zero-order valence-corrected chi connectivity index (χ0v) is 11.1. The highest BCUT2D eigenvalue weighted by atomic mass is 32.2. The van der Waals surface area contributed by atoms with Crippen LogP contribution in [0.4, 0.5) is 5.69 Å². The third kappa shape index (κ3) is 1.34. The molecule has 0 radical (unpaired) electrons. The van der Waals surface area contributed by atoms with Crippen molar-refractivity contribution in [3.05, 3.63) is 49.1 Å². The van der Waals surface area contributed by atoms with Crippen LogP contribution in [0.15, 0.2) is 54.0 Å². The molecule has 1 saturated carbocycles. The molecule has 0 bridgehead atoms. The van der Waals surface area contributed by atoms with E-state index in [-0.39, 0.29) is 10.7 Å². The Balaban J connectivity index is 2.12. The molecule has 92 valence electrons. The summed E-state index contributed by atoms with van der Waals surface area (Å²) in [6, 6.07) is 7.94. The van der Waals surface area contributed by atoms with E-state index in [4.69, 9.17) is 0 Å². The molecule has 1 heterocycles. The van der Waals surface area contributed by atoms with Crippen LogP contribution in [0.1, 0.15) is 13.3 Å². The van der Waals surface area contributed by atoms with Crippen LogP contribution in [0.5, 0.6) is 0 Å². The van der Waals surface area contributed by atoms with Crippen LogP contribution in [0, 0.1) is 5.41 Å². The number of thioether (sulfide) groups is 1. The van der Waals surface area contributed by atoms with Gasteiger partial charge in [0.25, 0.3) is 0 Å². The third-order valence-electron chi connectivity index (χ3n) is 3.79. The van der Waals surface area contributed by atoms with E-state index in [9.17, 15) is 4.79 Å². The van der Waals surface area contributed by atoms with Crippen LogP contribution in [-0.4, -0.2) is 10.7 Å². The lowest BCUT2D eigenvalue weighted by Gasteiger charge is -2.14. The summed E-state index contributed by atoms with van der Waals surface area (Å²) < 4.78 is -0.184. The first-order valence-electron chi connectivity index (χ1n) is 6.04. The van der Waals surface area contributed by atoms with Crippen molar-refractivity contribution >= 4 is 23.4 Å². The molecule has 1 aromatic rings. The topological polar surface area (TPSA) is 29.1 Å². The van der Waals surface area contributed by atoms with E-state index >= 15 is 0 Å². The fourth-order valence-electron chi connectivity index (χ4n) is 2.71. The standard InChI is InChI=1S/C15H15NOS/c1-3-9-14-10-15(14,4-2)18-12-8-6-5-7-11(12)16-13(14)17/h3-9H,2,10H2,1H3,(H,16,17)/b9-3-. The van der Waals surface area contributed by atoms with E-state index < -0.39 is 5.41 Å². The Morgan fingerprint density at radius 3 is 2.94 bits per heavy atom. The number of anilines is 1. The van der Waals surface area contributed by atoms with Gasteiger partial charge in [-0.25, -0.2) is 0 Å². The first-order chi connectivity index (χ1) is 8.67. The molecule has 0 spiro atoms. The Morgan fingerprint density at radius 1 is 1.44 bits per heavy atom. The third-order valence-corrected chi connectivity index (χ3v) is 5.40. The van der Waals surface area contributed by atoms with Crippen LogP contribution >= 0.6 is 11.8 Å². The Morgan fingerprint density at radius 2 is 2.22 bits per heavy atom. The predicted molar refractivity (Wildman–Crippen MR) is 75.7 cm³/mol. The number of benzene rings is 1. The number of nitrogens with one attached hydrogen (secondary N) is 1. The number of carbonyl (C=O) groups excluding carboxylic acids is 1. The minimum atomic E-state index is -0.423. The molecule has 2 aliphatic rings. The van der Waals surface area contributed by atoms with E-state index in [1.165, 1.54) is 0 Å². The number of para-hydroxylation sites is 1. The molecule has 1 aliphatic carbocycles. The van der Waals surface area contributed by atoms with E-state index in [2.05, 4.69) is 18.0 Å². The monoisotopic (exact) mass is 257 g/mol. The summed E-state index contributed by atoms with van der Waals surface area (Å²) in [5, 5.41) is 3.04. The Bertz CT molecular complexity index is 565. The average Bonchev–Trinajstić information content (AvgIpc) is 3.02. The van der Waals surface area contributed by atoms with Crippen LogP contribution in [-0.2, 0) is 4.79 Å². The maximum absolute atomic E-state index is 12.5. The van der Waals surface area contributed by atoms with Gasteiger partial charge in [-0.2, -0.15) is 0 Å². The lowest BCUT2D eigenvalue weighted by Crippen LogP contribution is -2.27. The number of fused-ring (bicyclic) bond motifs is 2. The van der Waals surface area contributed by atoms with E-state index in [0.717, 1.165) is 17.0 Å². The molecule has 1 aromatic carbocycles. The van der Waals surface area contributed by atoms with Crippen molar-refractivity contribution in [2.24, 2.45) is 5.41 Å². The first-order valence-corrected chi connectivity index (χ1v) is 6.86. The summed E-state index contributed by atoms with van der Waals surface area (Å²) in [5.41, 5.74) is 0.484. The number of carbonyl (C=O) groups is 1. The number of amides is 1. The molecule has 1 N–H and O–H groups in total. The van der Waals surface area contributed by atoms with Crippen molar-refractivity contribution in [2.75, 3.05) is 5.32 Å². The second-order valence-electron chi connectivity index (χ2n) is 4.79. The predicted octanol–water partition coefficient (Wildman–Crippen LogP) is 3.62. The Hall–Kier alpha value is -1.48. The van der Waals surface area contributed by atoms with Crippen LogP contribution in [0.3, 0.4) is 0 Å². The molecule has 2 unspecified atom stereocenters. The smallest absolute Gasteiger partial charge is 0.236 e. The number of hydrogen-bond acceptors (Lipinski definition) is 2. The zero-order chi connectivity index (χ0) is 12.8. The van der Waals surface area contributed by atoms with Gasteiger partial charge in [0.15, 0.2) is 0 Å². The molecular weight excluding hydrogens is 242 g/mol. The van der Waals surface area contributed by atoms with Gasteiger partial charge in [0.05, 0.1) is 15.8 Å². The second kappa shape index (κ2) is 3.75. The number of hydrogen-bond donors (Lipinski definition) is 1. The molecule has 1 fully saturated rings. The lowest BCUT2D eigenvalue weighted by atomic mass is 10.0. The van der Waals surface area contributed by atoms with Crippen molar-refractivity contribution in [1.29, 1.82) is 0 Å². The van der Waals surface area contributed by atoms with Gasteiger partial charge in [0, 0.05) is 4.90 Å². The van der Waals surface area contributed by atoms with E-state index in [1.807, 2.05) is 43.4 Å². The second-order valence-corrected chi connectivity index (χ2v) is 6.17. The SMILES string of the molecule is C=CC12CC1(/C=C\C)C(=O)Nc1ccccc1S2. The van der Waals surface area contributed by atoms with Crippen molar-refractivity contribution in [3.63, 3.8) is 0 Å². The largest absolute Gasteiger partial charge is 0.324 e. The first kappa shape index (κ1) is 11.6. The lowest BCUT2D eigenvalue weighted by molar-refractivity contribution is -0.119. The maximum atomic E-state index is 12.5. The fraction of sp³-hybridized carbons (Fsp3) is 0.267. The van der Waals surface area contributed by atoms with Gasteiger partial charge < -0.3 is 5.32 Å². The minimum absolute atomic E-state index is 0.0814. The van der Waals surface area contributed by atoms with Gasteiger partial charge in [-0.15, -0.1) is 18.3 Å². The summed E-state index contributed by atoms with van der Waals surface area (Å²) in [6.07, 6.45) is 6.74. The van der Waals surface area contributed by atoms with Crippen molar-refractivity contribution < 1.29 is 4.79 Å². The van der Waals surface area contributed by atoms with Gasteiger partial charge in [-0.3, -0.25) is 4.79 Å². The molecule has 1 aliphatic heterocycles. The fourth-order valence-corrected chi connectivity index (χ4v) is 4.21. The summed E-state index contributed by atoms with van der Waals surface area (Å²) in [4.78, 5) is 13.6. The normalized spacial score (nSPS) is 33.3. The van der Waals surface area contributed by atoms with Gasteiger partial charge in [-0.1, -0.05) is 30.4 Å². The van der Waals surface area contributed by atoms with Crippen molar-refractivity contribution in [3.8, 4) is 0 Å². The quantitative estimate of drug-likeness (QED) is 0.820. The highest BCUT2D eigenvalue weighted by Crippen LogP contribution is 2.70. The van der Waals surface area contributed by atoms with E-state index in [1.54, 1.807) is 11.8 Å². The van der Waals surface area contributed by atoms with E-state index in [0.29, 0.717) is 0 Å². The summed E-state index contributed by atoms with van der Waals surface area (Å²) in [7, 11) is 0. The van der Waals surface area contributed by atoms with Crippen LogP contribution in [0.25, 0.3) is 0 Å². The molecule has 0 aromatic heterocycles. The molecule has 2 atom stereocenters. The molecule has 18 heavy (non-hydrogen) atoms. The van der Waals surface area contributed by atoms with Gasteiger partial charge in [-0.05, 0) is 25.5 Å². The number of rotatable bonds is 2. The molecule has 1 amide bonds. The molecule has 3 rings (SSSR count). The van der Waals surface area contributed by atoms with Crippen LogP contribution in [0.2, 0.25) is 0 Å². The maximum Gasteiger partial charge on any atom is 0.236 e. The van der Waals surface area contributed by atoms with Crippen LogP contribution < -0.4 is 5.32 Å². The molecule has 2 nitrogen and oxygen atoms in total. The zero-order valence-electron chi connectivity index (χ0n) is 10.3. The Kier molecular flexibility index (Phi) is 2.42. The summed E-state index contributed by atoms with van der Waals surface area (Å²) in [5.74, 6) is 0.0814. The van der Waals surface area contributed by atoms with Gasteiger partial charge in [0.1, 0.15) is 0 Å². The molecular formula is C15H15NOS. The van der Waals surface area contributed by atoms with Gasteiger partial charge >= 0.3 is 0 Å². The highest BCUT2D eigenvalue weighted by molar-refractivity contribution is 8.01. The number of allylic oxidation sites excluding steroid dienone is 1. The minimum Gasteiger partial charge on any atom is -0.324 e. The van der Waals surface area contributed by atoms with Gasteiger partial charge in [0.2, 0.25) is 5.91 Å². The molecule has 0 saturated heterocycles. The highest BCUT2D eigenvalue weighted by Gasteiger charge is 2.70. The Labute approximate surface area is 111 Å². The van der Waals surface area contributed by atoms with Crippen molar-refractivity contribution in [2.45, 2.75) is 23.0 Å². The summed E-state index contributed by atoms with van der Waals surface area (Å²) in [6.45, 7) is 5.89. The molecule has 3 heteroatoms. The summed E-state index contributed by atoms with van der Waals surface area (Å²) >= 11 is 1.74. The average molecular weight is 257 g/mol.